The third-order valence-electron chi connectivity index (χ3n) is 3.80. The van der Waals surface area contributed by atoms with Crippen LogP contribution in [0.1, 0.15) is 18.7 Å². The SMILES string of the molecule is Cn1nnc(CNC(=O)N2CCC[C@H](Nc3ccccc3)C2)n1. The maximum Gasteiger partial charge on any atom is 0.317 e. The molecular formula is C15H21N7O. The zero-order chi connectivity index (χ0) is 16.1. The minimum atomic E-state index is -0.0861. The number of hydrogen-bond acceptors (Lipinski definition) is 5. The van der Waals surface area contributed by atoms with E-state index in [9.17, 15) is 4.79 Å². The molecule has 1 aliphatic heterocycles. The molecule has 2 N–H and O–H groups in total. The lowest BCUT2D eigenvalue weighted by molar-refractivity contribution is 0.182. The Kier molecular flexibility index (Phi) is 4.70. The highest BCUT2D eigenvalue weighted by Gasteiger charge is 2.23. The first-order valence-electron chi connectivity index (χ1n) is 7.78. The Morgan fingerprint density at radius 2 is 2.17 bits per heavy atom. The molecule has 122 valence electrons. The molecule has 1 aliphatic rings. The molecular weight excluding hydrogens is 294 g/mol. The number of likely N-dealkylation sites (tertiary alicyclic amines) is 1. The van der Waals surface area contributed by atoms with Crippen molar-refractivity contribution in [2.45, 2.75) is 25.4 Å². The summed E-state index contributed by atoms with van der Waals surface area (Å²) in [5, 5.41) is 18.0. The second-order valence-electron chi connectivity index (χ2n) is 5.65. The Hall–Kier alpha value is -2.64. The van der Waals surface area contributed by atoms with Crippen molar-refractivity contribution in [1.29, 1.82) is 0 Å². The number of rotatable bonds is 4. The Bertz CT molecular complexity index is 642. The van der Waals surface area contributed by atoms with Crippen LogP contribution in [0.25, 0.3) is 0 Å². The van der Waals surface area contributed by atoms with E-state index in [0.29, 0.717) is 18.9 Å². The van der Waals surface area contributed by atoms with E-state index in [1.54, 1.807) is 7.05 Å². The number of hydrogen-bond donors (Lipinski definition) is 2. The number of carbonyl (C=O) groups excluding carboxylic acids is 1. The number of piperidine rings is 1. The molecule has 1 saturated heterocycles. The van der Waals surface area contributed by atoms with Crippen molar-refractivity contribution in [2.24, 2.45) is 7.05 Å². The number of aryl methyl sites for hydroxylation is 1. The molecule has 1 fully saturated rings. The van der Waals surface area contributed by atoms with Gasteiger partial charge in [-0.2, -0.15) is 4.80 Å². The second-order valence-corrected chi connectivity index (χ2v) is 5.65. The Morgan fingerprint density at radius 3 is 2.91 bits per heavy atom. The smallest absolute Gasteiger partial charge is 0.317 e. The monoisotopic (exact) mass is 315 g/mol. The molecule has 23 heavy (non-hydrogen) atoms. The average molecular weight is 315 g/mol. The van der Waals surface area contributed by atoms with E-state index in [1.165, 1.54) is 4.80 Å². The summed E-state index contributed by atoms with van der Waals surface area (Å²) in [6.07, 6.45) is 2.05. The molecule has 0 bridgehead atoms. The Balaban J connectivity index is 1.50. The van der Waals surface area contributed by atoms with Crippen LogP contribution in [0.15, 0.2) is 30.3 Å². The van der Waals surface area contributed by atoms with Crippen LogP contribution in [0.4, 0.5) is 10.5 Å². The van der Waals surface area contributed by atoms with Crippen molar-refractivity contribution in [2.75, 3.05) is 18.4 Å². The summed E-state index contributed by atoms with van der Waals surface area (Å²) in [7, 11) is 1.70. The number of urea groups is 1. The molecule has 1 atom stereocenters. The average Bonchev–Trinajstić information content (AvgIpc) is 2.99. The number of tetrazole rings is 1. The zero-order valence-corrected chi connectivity index (χ0v) is 13.1. The van der Waals surface area contributed by atoms with E-state index in [0.717, 1.165) is 25.1 Å². The quantitative estimate of drug-likeness (QED) is 0.878. The fraction of sp³-hybridized carbons (Fsp3) is 0.467. The van der Waals surface area contributed by atoms with Gasteiger partial charge in [0.25, 0.3) is 0 Å². The fourth-order valence-corrected chi connectivity index (χ4v) is 2.71. The maximum atomic E-state index is 12.3. The number of anilines is 1. The van der Waals surface area contributed by atoms with Gasteiger partial charge >= 0.3 is 6.03 Å². The van der Waals surface area contributed by atoms with Gasteiger partial charge < -0.3 is 15.5 Å². The van der Waals surface area contributed by atoms with Gasteiger partial charge in [-0.25, -0.2) is 4.79 Å². The maximum absolute atomic E-state index is 12.3. The number of benzene rings is 1. The summed E-state index contributed by atoms with van der Waals surface area (Å²) >= 11 is 0. The lowest BCUT2D eigenvalue weighted by Crippen LogP contribution is -2.49. The van der Waals surface area contributed by atoms with Crippen LogP contribution in [-0.2, 0) is 13.6 Å². The molecule has 2 aromatic rings. The molecule has 0 aliphatic carbocycles. The van der Waals surface area contributed by atoms with Crippen LogP contribution < -0.4 is 10.6 Å². The van der Waals surface area contributed by atoms with Gasteiger partial charge in [0.2, 0.25) is 0 Å². The van der Waals surface area contributed by atoms with Crippen molar-refractivity contribution in [3.05, 3.63) is 36.2 Å². The van der Waals surface area contributed by atoms with Crippen molar-refractivity contribution in [3.8, 4) is 0 Å². The molecule has 8 heteroatoms. The van der Waals surface area contributed by atoms with Gasteiger partial charge in [0.15, 0.2) is 5.82 Å². The van der Waals surface area contributed by atoms with Gasteiger partial charge in [-0.05, 0) is 30.2 Å². The second kappa shape index (κ2) is 7.08. The van der Waals surface area contributed by atoms with Crippen LogP contribution in [-0.4, -0.2) is 50.3 Å². The molecule has 3 rings (SSSR count). The predicted molar refractivity (Wildman–Crippen MR) is 85.7 cm³/mol. The summed E-state index contributed by atoms with van der Waals surface area (Å²) in [6, 6.07) is 10.3. The summed E-state index contributed by atoms with van der Waals surface area (Å²) < 4.78 is 0. The minimum Gasteiger partial charge on any atom is -0.381 e. The van der Waals surface area contributed by atoms with E-state index >= 15 is 0 Å². The molecule has 1 aromatic carbocycles. The standard InChI is InChI=1S/C15H21N7O/c1-21-19-14(18-20-21)10-16-15(23)22-9-5-8-13(11-22)17-12-6-3-2-4-7-12/h2-4,6-7,13,17H,5,8-11H2,1H3,(H,16,23)/t13-/m0/s1. The van der Waals surface area contributed by atoms with E-state index in [1.807, 2.05) is 35.2 Å². The molecule has 0 saturated carbocycles. The third kappa shape index (κ3) is 4.18. The van der Waals surface area contributed by atoms with Gasteiger partial charge in [0, 0.05) is 24.8 Å². The van der Waals surface area contributed by atoms with Crippen LogP contribution >= 0.6 is 0 Å². The number of amides is 2. The van der Waals surface area contributed by atoms with E-state index in [4.69, 9.17) is 0 Å². The van der Waals surface area contributed by atoms with Crippen LogP contribution in [0.3, 0.4) is 0 Å². The van der Waals surface area contributed by atoms with Gasteiger partial charge in [-0.15, -0.1) is 10.2 Å². The molecule has 0 unspecified atom stereocenters. The first-order chi connectivity index (χ1) is 11.2. The third-order valence-corrected chi connectivity index (χ3v) is 3.80. The number of aromatic nitrogens is 4. The first kappa shape index (κ1) is 15.3. The van der Waals surface area contributed by atoms with E-state index in [-0.39, 0.29) is 12.1 Å². The minimum absolute atomic E-state index is 0.0861. The van der Waals surface area contributed by atoms with Gasteiger partial charge in [0.1, 0.15) is 0 Å². The lowest BCUT2D eigenvalue weighted by Gasteiger charge is -2.33. The van der Waals surface area contributed by atoms with E-state index < -0.39 is 0 Å². The van der Waals surface area contributed by atoms with Crippen LogP contribution in [0.5, 0.6) is 0 Å². The molecule has 0 spiro atoms. The Labute approximate surface area is 134 Å². The van der Waals surface area contributed by atoms with Gasteiger partial charge in [-0.3, -0.25) is 0 Å². The van der Waals surface area contributed by atoms with Crippen molar-refractivity contribution in [3.63, 3.8) is 0 Å². The molecule has 1 aromatic heterocycles. The predicted octanol–water partition coefficient (Wildman–Crippen LogP) is 0.996. The molecule has 2 heterocycles. The summed E-state index contributed by atoms with van der Waals surface area (Å²) in [4.78, 5) is 15.5. The molecule has 0 radical (unpaired) electrons. The number of carbonyl (C=O) groups is 1. The highest BCUT2D eigenvalue weighted by molar-refractivity contribution is 5.74. The number of nitrogens with zero attached hydrogens (tertiary/aromatic N) is 5. The van der Waals surface area contributed by atoms with Gasteiger partial charge in [0.05, 0.1) is 13.6 Å². The van der Waals surface area contributed by atoms with E-state index in [2.05, 4.69) is 26.0 Å². The largest absolute Gasteiger partial charge is 0.381 e. The topological polar surface area (TPSA) is 88.0 Å². The van der Waals surface area contributed by atoms with Gasteiger partial charge in [-0.1, -0.05) is 18.2 Å². The summed E-state index contributed by atoms with van der Waals surface area (Å²) in [6.45, 7) is 1.75. The van der Waals surface area contributed by atoms with Crippen LogP contribution in [0, 0.1) is 0 Å². The van der Waals surface area contributed by atoms with Crippen molar-refractivity contribution < 1.29 is 4.79 Å². The molecule has 8 nitrogen and oxygen atoms in total. The number of para-hydroxylation sites is 1. The first-order valence-corrected chi connectivity index (χ1v) is 7.78. The zero-order valence-electron chi connectivity index (χ0n) is 13.1. The van der Waals surface area contributed by atoms with Crippen LogP contribution in [0.2, 0.25) is 0 Å². The highest BCUT2D eigenvalue weighted by Crippen LogP contribution is 2.16. The highest BCUT2D eigenvalue weighted by atomic mass is 16.2. The normalized spacial score (nSPS) is 17.8. The van der Waals surface area contributed by atoms with Crippen molar-refractivity contribution >= 4 is 11.7 Å². The summed E-state index contributed by atoms with van der Waals surface area (Å²) in [5.74, 6) is 0.511. The molecule has 2 amide bonds. The Morgan fingerprint density at radius 1 is 1.35 bits per heavy atom. The summed E-state index contributed by atoms with van der Waals surface area (Å²) in [5.41, 5.74) is 1.09. The van der Waals surface area contributed by atoms with Crippen molar-refractivity contribution in [1.82, 2.24) is 30.4 Å². The number of nitrogens with one attached hydrogen (secondary N) is 2. The fourth-order valence-electron chi connectivity index (χ4n) is 2.71. The lowest BCUT2D eigenvalue weighted by atomic mass is 10.1.